The first-order valence-corrected chi connectivity index (χ1v) is 8.70. The van der Waals surface area contributed by atoms with Crippen LogP contribution in [0.15, 0.2) is 48.5 Å². The van der Waals surface area contributed by atoms with Crippen LogP contribution in [0, 0.1) is 0 Å². The molecule has 0 bridgehead atoms. The van der Waals surface area contributed by atoms with Crippen LogP contribution in [0.2, 0.25) is 0 Å². The number of ether oxygens (including phenoxy) is 2. The Morgan fingerprint density at radius 3 is 2.64 bits per heavy atom. The normalized spacial score (nSPS) is 13.9. The maximum Gasteiger partial charge on any atom is 0.341 e. The van der Waals surface area contributed by atoms with Gasteiger partial charge in [-0.3, -0.25) is 14.5 Å². The molecule has 1 atom stereocenters. The minimum atomic E-state index is -1.05. The molecule has 1 aliphatic rings. The van der Waals surface area contributed by atoms with Crippen LogP contribution in [0.25, 0.3) is 0 Å². The second kappa shape index (κ2) is 8.43. The molecule has 28 heavy (non-hydrogen) atoms. The second-order valence-corrected chi connectivity index (χ2v) is 6.28. The number of nitrogens with zero attached hydrogens (tertiary/aromatic N) is 1. The van der Waals surface area contributed by atoms with Crippen molar-refractivity contribution in [2.45, 2.75) is 13.0 Å². The number of fused-ring (bicyclic) bond motifs is 1. The first-order valence-electron chi connectivity index (χ1n) is 8.70. The monoisotopic (exact) mass is 384 g/mol. The lowest BCUT2D eigenvalue weighted by molar-refractivity contribution is -0.139. The number of amides is 2. The van der Waals surface area contributed by atoms with Crippen molar-refractivity contribution in [2.24, 2.45) is 0 Å². The molecule has 0 saturated carbocycles. The number of hydrogen-bond acceptors (Lipinski definition) is 5. The molecule has 0 spiro atoms. The van der Waals surface area contributed by atoms with Gasteiger partial charge in [-0.2, -0.15) is 0 Å². The molecule has 2 N–H and O–H groups in total. The molecule has 2 aromatic carbocycles. The Labute approximate surface area is 161 Å². The van der Waals surface area contributed by atoms with E-state index in [0.29, 0.717) is 17.2 Å². The number of rotatable bonds is 7. The van der Waals surface area contributed by atoms with Crippen molar-refractivity contribution >= 4 is 23.5 Å². The van der Waals surface area contributed by atoms with Crippen LogP contribution < -0.4 is 19.7 Å². The Hall–Kier alpha value is -3.55. The van der Waals surface area contributed by atoms with Crippen molar-refractivity contribution in [3.63, 3.8) is 0 Å². The Morgan fingerprint density at radius 2 is 1.93 bits per heavy atom. The summed E-state index contributed by atoms with van der Waals surface area (Å²) in [6.07, 6.45) is 0. The molecule has 1 unspecified atom stereocenters. The molecule has 0 aromatic heterocycles. The number of nitrogens with one attached hydrogen (secondary N) is 1. The van der Waals surface area contributed by atoms with E-state index < -0.39 is 12.6 Å². The van der Waals surface area contributed by atoms with Crippen molar-refractivity contribution in [1.82, 2.24) is 5.32 Å². The first-order chi connectivity index (χ1) is 13.4. The lowest BCUT2D eigenvalue weighted by Gasteiger charge is -2.29. The summed E-state index contributed by atoms with van der Waals surface area (Å²) in [7, 11) is 0. The minimum Gasteiger partial charge on any atom is -0.482 e. The molecule has 2 aromatic rings. The summed E-state index contributed by atoms with van der Waals surface area (Å²) < 4.78 is 10.5. The Kier molecular flexibility index (Phi) is 5.78. The third-order valence-electron chi connectivity index (χ3n) is 4.23. The van der Waals surface area contributed by atoms with Gasteiger partial charge in [0, 0.05) is 0 Å². The highest BCUT2D eigenvalue weighted by Crippen LogP contribution is 2.31. The number of benzene rings is 2. The molecule has 8 nitrogen and oxygen atoms in total. The molecule has 0 fully saturated rings. The predicted molar refractivity (Wildman–Crippen MR) is 100 cm³/mol. The average Bonchev–Trinajstić information content (AvgIpc) is 2.69. The van der Waals surface area contributed by atoms with Gasteiger partial charge in [0.1, 0.15) is 18.0 Å². The zero-order chi connectivity index (χ0) is 20.1. The lowest BCUT2D eigenvalue weighted by Crippen LogP contribution is -2.45. The maximum atomic E-state index is 12.5. The van der Waals surface area contributed by atoms with Gasteiger partial charge in [-0.05, 0) is 36.8 Å². The van der Waals surface area contributed by atoms with E-state index in [1.54, 1.807) is 48.5 Å². The van der Waals surface area contributed by atoms with E-state index in [9.17, 15) is 14.4 Å². The largest absolute Gasteiger partial charge is 0.482 e. The van der Waals surface area contributed by atoms with Gasteiger partial charge in [0.15, 0.2) is 13.2 Å². The fraction of sp³-hybridized carbons (Fsp3) is 0.250. The number of carboxylic acids is 1. The molecule has 1 heterocycles. The summed E-state index contributed by atoms with van der Waals surface area (Å²) >= 11 is 0. The van der Waals surface area contributed by atoms with Crippen LogP contribution in [0.4, 0.5) is 5.69 Å². The second-order valence-electron chi connectivity index (χ2n) is 6.28. The van der Waals surface area contributed by atoms with Crippen molar-refractivity contribution in [3.8, 4) is 11.5 Å². The van der Waals surface area contributed by atoms with E-state index in [2.05, 4.69) is 5.32 Å². The van der Waals surface area contributed by atoms with Gasteiger partial charge in [0.25, 0.3) is 5.91 Å². The van der Waals surface area contributed by atoms with Gasteiger partial charge >= 0.3 is 5.97 Å². The fourth-order valence-corrected chi connectivity index (χ4v) is 2.84. The Balaban J connectivity index is 1.60. The van der Waals surface area contributed by atoms with Crippen LogP contribution in [-0.2, 0) is 14.4 Å². The number of carbonyl (C=O) groups is 3. The third-order valence-corrected chi connectivity index (χ3v) is 4.23. The van der Waals surface area contributed by atoms with Gasteiger partial charge in [0.2, 0.25) is 5.91 Å². The van der Waals surface area contributed by atoms with Crippen LogP contribution in [-0.4, -0.2) is 42.6 Å². The predicted octanol–water partition coefficient (Wildman–Crippen LogP) is 1.75. The number of carboxylic acid groups (broad SMARTS) is 1. The summed E-state index contributed by atoms with van der Waals surface area (Å²) in [6.45, 7) is 1.20. The molecule has 0 aliphatic carbocycles. The SMILES string of the molecule is CC(NC(=O)CN1C(=O)COc2ccccc21)c1ccc(OCC(=O)O)cc1. The lowest BCUT2D eigenvalue weighted by atomic mass is 10.1. The van der Waals surface area contributed by atoms with E-state index >= 15 is 0 Å². The molecule has 146 valence electrons. The quantitative estimate of drug-likeness (QED) is 0.754. The summed E-state index contributed by atoms with van der Waals surface area (Å²) in [6, 6.07) is 13.6. The summed E-state index contributed by atoms with van der Waals surface area (Å²) in [5.41, 5.74) is 1.39. The highest BCUT2D eigenvalue weighted by Gasteiger charge is 2.27. The molecule has 0 saturated heterocycles. The molecule has 2 amide bonds. The standard InChI is InChI=1S/C20H20N2O6/c1-13(14-6-8-15(9-7-14)27-12-20(25)26)21-18(23)10-22-16-4-2-3-5-17(16)28-11-19(22)24/h2-9,13H,10-12H2,1H3,(H,21,23)(H,25,26). The van der Waals surface area contributed by atoms with Crippen molar-refractivity contribution in [2.75, 3.05) is 24.7 Å². The Bertz CT molecular complexity index is 881. The van der Waals surface area contributed by atoms with Gasteiger partial charge < -0.3 is 19.9 Å². The van der Waals surface area contributed by atoms with Crippen LogP contribution in [0.5, 0.6) is 11.5 Å². The van der Waals surface area contributed by atoms with E-state index in [-0.39, 0.29) is 31.0 Å². The summed E-state index contributed by atoms with van der Waals surface area (Å²) in [5, 5.41) is 11.5. The molecule has 0 radical (unpaired) electrons. The maximum absolute atomic E-state index is 12.5. The zero-order valence-corrected chi connectivity index (χ0v) is 15.3. The van der Waals surface area contributed by atoms with Crippen molar-refractivity contribution in [3.05, 3.63) is 54.1 Å². The highest BCUT2D eigenvalue weighted by atomic mass is 16.5. The Morgan fingerprint density at radius 1 is 1.21 bits per heavy atom. The number of aliphatic carboxylic acids is 1. The topological polar surface area (TPSA) is 105 Å². The van der Waals surface area contributed by atoms with E-state index in [1.165, 1.54) is 4.90 Å². The molecule has 8 heteroatoms. The number of para-hydroxylation sites is 2. The van der Waals surface area contributed by atoms with Crippen LogP contribution in [0.3, 0.4) is 0 Å². The summed E-state index contributed by atoms with van der Waals surface area (Å²) in [5.74, 6) is -0.630. The zero-order valence-electron chi connectivity index (χ0n) is 15.3. The summed E-state index contributed by atoms with van der Waals surface area (Å²) in [4.78, 5) is 36.6. The molecular weight excluding hydrogens is 364 g/mol. The van der Waals surface area contributed by atoms with Crippen molar-refractivity contribution < 1.29 is 29.0 Å². The average molecular weight is 384 g/mol. The van der Waals surface area contributed by atoms with Crippen LogP contribution in [0.1, 0.15) is 18.5 Å². The van der Waals surface area contributed by atoms with E-state index in [1.807, 2.05) is 6.92 Å². The number of hydrogen-bond donors (Lipinski definition) is 2. The van der Waals surface area contributed by atoms with E-state index in [4.69, 9.17) is 14.6 Å². The smallest absolute Gasteiger partial charge is 0.341 e. The van der Waals surface area contributed by atoms with Gasteiger partial charge in [-0.25, -0.2) is 4.79 Å². The van der Waals surface area contributed by atoms with E-state index in [0.717, 1.165) is 5.56 Å². The van der Waals surface area contributed by atoms with Gasteiger partial charge in [0.05, 0.1) is 11.7 Å². The third kappa shape index (κ3) is 4.59. The highest BCUT2D eigenvalue weighted by molar-refractivity contribution is 6.02. The number of anilines is 1. The molecule has 1 aliphatic heterocycles. The fourth-order valence-electron chi connectivity index (χ4n) is 2.84. The molecular formula is C20H20N2O6. The first kappa shape index (κ1) is 19.2. The molecule has 3 rings (SSSR count). The minimum absolute atomic E-state index is 0.0996. The van der Waals surface area contributed by atoms with Gasteiger partial charge in [-0.1, -0.05) is 24.3 Å². The van der Waals surface area contributed by atoms with Gasteiger partial charge in [-0.15, -0.1) is 0 Å². The van der Waals surface area contributed by atoms with Crippen LogP contribution >= 0.6 is 0 Å². The number of carbonyl (C=O) groups excluding carboxylic acids is 2. The van der Waals surface area contributed by atoms with Crippen molar-refractivity contribution in [1.29, 1.82) is 0 Å².